The third-order valence-electron chi connectivity index (χ3n) is 6.60. The van der Waals surface area contributed by atoms with Gasteiger partial charge in [-0.3, -0.25) is 4.68 Å². The number of halogens is 2. The highest BCUT2D eigenvalue weighted by Gasteiger charge is 2.26. The molecule has 6 rings (SSSR count). The lowest BCUT2D eigenvalue weighted by Crippen LogP contribution is -2.28. The molecule has 0 aliphatic heterocycles. The van der Waals surface area contributed by atoms with Gasteiger partial charge in [0.25, 0.3) is 0 Å². The van der Waals surface area contributed by atoms with Crippen LogP contribution in [0.1, 0.15) is 16.8 Å². The summed E-state index contributed by atoms with van der Waals surface area (Å²) in [5.41, 5.74) is 4.81. The normalized spacial score (nSPS) is 13.2. The molecule has 1 aliphatic carbocycles. The van der Waals surface area contributed by atoms with Crippen LogP contribution in [-0.2, 0) is 26.0 Å². The van der Waals surface area contributed by atoms with Gasteiger partial charge in [-0.2, -0.15) is 5.10 Å². The number of aliphatic hydroxyl groups excluding tert-OH is 1. The minimum Gasteiger partial charge on any atom is -0.487 e. The van der Waals surface area contributed by atoms with E-state index in [4.69, 9.17) is 21.4 Å². The zero-order chi connectivity index (χ0) is 26.9. The van der Waals surface area contributed by atoms with Crippen LogP contribution in [0.25, 0.3) is 20.7 Å². The molecule has 0 unspecified atom stereocenters. The van der Waals surface area contributed by atoms with Gasteiger partial charge in [-0.1, -0.05) is 23.7 Å². The lowest BCUT2D eigenvalue weighted by molar-refractivity contribution is 0.149. The molecule has 0 amide bonds. The maximum Gasteiger partial charge on any atom is 0.142 e. The highest BCUT2D eigenvalue weighted by atomic mass is 35.5. The zero-order valence-electron chi connectivity index (χ0n) is 21.1. The molecular formula is C28H26ClFN6O2S. The lowest BCUT2D eigenvalue weighted by atomic mass is 9.95. The average Bonchev–Trinajstić information content (AvgIpc) is 3.50. The first-order chi connectivity index (χ1) is 19.0. The zero-order valence-corrected chi connectivity index (χ0v) is 22.7. The number of hydrogen-bond donors (Lipinski definition) is 3. The Morgan fingerprint density at radius 2 is 2.10 bits per heavy atom. The molecule has 0 spiro atoms. The van der Waals surface area contributed by atoms with Crippen molar-refractivity contribution in [2.45, 2.75) is 32.1 Å². The molecule has 0 saturated heterocycles. The second-order valence-electron chi connectivity index (χ2n) is 9.42. The summed E-state index contributed by atoms with van der Waals surface area (Å²) in [6.45, 7) is 1.15. The summed E-state index contributed by atoms with van der Waals surface area (Å²) in [4.78, 5) is 11.1. The standard InChI is InChI=1S/C28H26ClFN6O2S/c1-31-11-19(37)12-36-13-21-23(35-36)7-6-20-25-27(32-15-33-28(25)39-26(20)21)34-18-5-8-24(22(29)10-18)38-14-16-3-2-4-17(30)9-16/h2-5,8-10,13,15,19,31,37H,6-7,11-12,14H2,1H3,(H,32,33,34)/t19-/m1/s1. The molecular weight excluding hydrogens is 539 g/mol. The van der Waals surface area contributed by atoms with Crippen LogP contribution in [0.5, 0.6) is 5.75 Å². The van der Waals surface area contributed by atoms with E-state index in [-0.39, 0.29) is 12.4 Å². The number of thiophene rings is 1. The Morgan fingerprint density at radius 3 is 2.92 bits per heavy atom. The highest BCUT2D eigenvalue weighted by Crippen LogP contribution is 2.45. The molecule has 11 heteroatoms. The Morgan fingerprint density at radius 1 is 1.21 bits per heavy atom. The topological polar surface area (TPSA) is 97.1 Å². The van der Waals surface area contributed by atoms with E-state index < -0.39 is 6.10 Å². The molecule has 3 N–H and O–H groups in total. The van der Waals surface area contributed by atoms with Crippen molar-refractivity contribution in [1.82, 2.24) is 25.1 Å². The van der Waals surface area contributed by atoms with Crippen LogP contribution in [0.2, 0.25) is 5.02 Å². The molecule has 0 bridgehead atoms. The first-order valence-corrected chi connectivity index (χ1v) is 13.8. The first kappa shape index (κ1) is 25.7. The largest absolute Gasteiger partial charge is 0.487 e. The summed E-state index contributed by atoms with van der Waals surface area (Å²) in [5, 5.41) is 22.8. The summed E-state index contributed by atoms with van der Waals surface area (Å²) >= 11 is 8.15. The Kier molecular flexibility index (Phi) is 7.18. The molecule has 1 aliphatic rings. The summed E-state index contributed by atoms with van der Waals surface area (Å²) in [7, 11) is 1.82. The van der Waals surface area contributed by atoms with E-state index in [2.05, 4.69) is 20.6 Å². The van der Waals surface area contributed by atoms with Gasteiger partial charge in [0.15, 0.2) is 0 Å². The second-order valence-corrected chi connectivity index (χ2v) is 10.8. The molecule has 5 aromatic rings. The number of rotatable bonds is 9. The van der Waals surface area contributed by atoms with Gasteiger partial charge in [0.2, 0.25) is 0 Å². The van der Waals surface area contributed by atoms with E-state index in [0.29, 0.717) is 29.7 Å². The van der Waals surface area contributed by atoms with Crippen molar-refractivity contribution in [2.24, 2.45) is 0 Å². The van der Waals surface area contributed by atoms with Gasteiger partial charge in [0, 0.05) is 28.9 Å². The van der Waals surface area contributed by atoms with Crippen molar-refractivity contribution in [3.8, 4) is 16.2 Å². The summed E-state index contributed by atoms with van der Waals surface area (Å²) in [6.07, 6.45) is 4.70. The number of benzene rings is 2. The van der Waals surface area contributed by atoms with Gasteiger partial charge < -0.3 is 20.5 Å². The maximum absolute atomic E-state index is 13.5. The molecule has 0 radical (unpaired) electrons. The Labute approximate surface area is 233 Å². The van der Waals surface area contributed by atoms with Crippen LogP contribution in [0.15, 0.2) is 55.0 Å². The number of nitrogens with zero attached hydrogens (tertiary/aromatic N) is 4. The fourth-order valence-corrected chi connectivity index (χ4v) is 6.31. The van der Waals surface area contributed by atoms with Gasteiger partial charge in [-0.05, 0) is 61.3 Å². The number of aromatic nitrogens is 4. The summed E-state index contributed by atoms with van der Waals surface area (Å²) in [6, 6.07) is 11.7. The summed E-state index contributed by atoms with van der Waals surface area (Å²) < 4.78 is 21.1. The Balaban J connectivity index is 1.24. The van der Waals surface area contributed by atoms with Gasteiger partial charge in [-0.25, -0.2) is 14.4 Å². The smallest absolute Gasteiger partial charge is 0.142 e. The van der Waals surface area contributed by atoms with Crippen LogP contribution in [-0.4, -0.2) is 44.6 Å². The lowest BCUT2D eigenvalue weighted by Gasteiger charge is -2.13. The molecule has 1 atom stereocenters. The predicted molar refractivity (Wildman–Crippen MR) is 151 cm³/mol. The fourth-order valence-electron chi connectivity index (χ4n) is 4.85. The number of aliphatic hydroxyl groups is 1. The SMILES string of the molecule is CNC[C@@H](O)Cn1cc2c(n1)CCc1c-2sc2ncnc(Nc3ccc(OCc4cccc(F)c4)c(Cl)c3)c12. The van der Waals surface area contributed by atoms with E-state index in [1.54, 1.807) is 41.9 Å². The number of anilines is 2. The van der Waals surface area contributed by atoms with Gasteiger partial charge in [0.05, 0.1) is 28.8 Å². The van der Waals surface area contributed by atoms with Crippen LogP contribution in [0.4, 0.5) is 15.9 Å². The summed E-state index contributed by atoms with van der Waals surface area (Å²) in [5.74, 6) is 0.917. The van der Waals surface area contributed by atoms with Crippen molar-refractivity contribution >= 4 is 44.7 Å². The number of hydrogen-bond acceptors (Lipinski definition) is 8. The van der Waals surface area contributed by atoms with E-state index in [0.717, 1.165) is 50.4 Å². The van der Waals surface area contributed by atoms with Crippen LogP contribution in [0.3, 0.4) is 0 Å². The molecule has 0 saturated carbocycles. The molecule has 200 valence electrons. The third kappa shape index (κ3) is 5.33. The molecule has 39 heavy (non-hydrogen) atoms. The minimum absolute atomic E-state index is 0.213. The Hall–Kier alpha value is -3.57. The second kappa shape index (κ2) is 10.9. The van der Waals surface area contributed by atoms with Gasteiger partial charge >= 0.3 is 0 Å². The number of likely N-dealkylation sites (N-methyl/N-ethyl adjacent to an activating group) is 1. The number of fused-ring (bicyclic) bond motifs is 5. The number of ether oxygens (including phenoxy) is 1. The first-order valence-electron chi connectivity index (χ1n) is 12.6. The van der Waals surface area contributed by atoms with Crippen LogP contribution >= 0.6 is 22.9 Å². The van der Waals surface area contributed by atoms with Crippen LogP contribution < -0.4 is 15.4 Å². The van der Waals surface area contributed by atoms with Crippen molar-refractivity contribution in [3.63, 3.8) is 0 Å². The van der Waals surface area contributed by atoms with Gasteiger partial charge in [0.1, 0.15) is 35.1 Å². The highest BCUT2D eigenvalue weighted by molar-refractivity contribution is 7.22. The number of aryl methyl sites for hydroxylation is 2. The van der Waals surface area contributed by atoms with Crippen molar-refractivity contribution < 1.29 is 14.2 Å². The molecule has 2 aromatic carbocycles. The molecule has 3 aromatic heterocycles. The molecule has 3 heterocycles. The van der Waals surface area contributed by atoms with E-state index in [1.807, 2.05) is 24.0 Å². The van der Waals surface area contributed by atoms with E-state index in [9.17, 15) is 9.50 Å². The fraction of sp³-hybridized carbons (Fsp3) is 0.250. The average molecular weight is 565 g/mol. The van der Waals surface area contributed by atoms with Crippen molar-refractivity contribution in [3.05, 3.63) is 82.6 Å². The van der Waals surface area contributed by atoms with E-state index >= 15 is 0 Å². The predicted octanol–water partition coefficient (Wildman–Crippen LogP) is 5.35. The van der Waals surface area contributed by atoms with Crippen molar-refractivity contribution in [1.29, 1.82) is 0 Å². The Bertz CT molecular complexity index is 1650. The number of nitrogens with one attached hydrogen (secondary N) is 2. The minimum atomic E-state index is -0.509. The van der Waals surface area contributed by atoms with Gasteiger partial charge in [-0.15, -0.1) is 11.3 Å². The quantitative estimate of drug-likeness (QED) is 0.222. The third-order valence-corrected chi connectivity index (χ3v) is 8.07. The van der Waals surface area contributed by atoms with Crippen LogP contribution in [0, 0.1) is 5.82 Å². The van der Waals surface area contributed by atoms with E-state index in [1.165, 1.54) is 17.7 Å². The van der Waals surface area contributed by atoms with Crippen molar-refractivity contribution in [2.75, 3.05) is 18.9 Å². The monoisotopic (exact) mass is 564 g/mol. The molecule has 0 fully saturated rings. The maximum atomic E-state index is 13.5. The molecule has 8 nitrogen and oxygen atoms in total.